The summed E-state index contributed by atoms with van der Waals surface area (Å²) in [4.78, 5) is 14.5. The summed E-state index contributed by atoms with van der Waals surface area (Å²) in [6.07, 6.45) is 0. The van der Waals surface area contributed by atoms with Crippen LogP contribution in [0.5, 0.6) is 0 Å². The molecule has 2 aromatic carbocycles. The molecule has 20 heavy (non-hydrogen) atoms. The first kappa shape index (κ1) is 15.3. The molecule has 0 bridgehead atoms. The Labute approximate surface area is 137 Å². The second-order valence-corrected chi connectivity index (χ2v) is 6.11. The number of hydrogen-bond acceptors (Lipinski definition) is 1. The van der Waals surface area contributed by atoms with Crippen LogP contribution in [0.25, 0.3) is 0 Å². The summed E-state index contributed by atoms with van der Waals surface area (Å²) in [5.41, 5.74) is 2.72. The Morgan fingerprint density at radius 1 is 1.20 bits per heavy atom. The third kappa shape index (κ3) is 3.33. The van der Waals surface area contributed by atoms with Crippen molar-refractivity contribution < 1.29 is 4.79 Å². The first-order chi connectivity index (χ1) is 9.52. The number of carbonyl (C=O) groups is 1. The van der Waals surface area contributed by atoms with Crippen LogP contribution < -0.4 is 4.90 Å². The van der Waals surface area contributed by atoms with Gasteiger partial charge in [0, 0.05) is 20.8 Å². The molecule has 0 aromatic heterocycles. The van der Waals surface area contributed by atoms with Crippen LogP contribution in [0.3, 0.4) is 0 Å². The highest BCUT2D eigenvalue weighted by Crippen LogP contribution is 2.23. The van der Waals surface area contributed by atoms with Gasteiger partial charge in [0.1, 0.15) is 0 Å². The smallest absolute Gasteiger partial charge is 0.259 e. The van der Waals surface area contributed by atoms with Crippen molar-refractivity contribution >= 4 is 45.8 Å². The molecule has 2 aromatic rings. The van der Waals surface area contributed by atoms with E-state index in [1.54, 1.807) is 17.0 Å². The van der Waals surface area contributed by atoms with Gasteiger partial charge in [-0.05, 0) is 66.8 Å². The maximum atomic E-state index is 12.7. The normalized spacial score (nSPS) is 10.4. The lowest BCUT2D eigenvalue weighted by Crippen LogP contribution is -2.31. The van der Waals surface area contributed by atoms with Gasteiger partial charge < -0.3 is 4.90 Å². The van der Waals surface area contributed by atoms with Crippen molar-refractivity contribution in [3.63, 3.8) is 0 Å². The molecule has 0 unspecified atom stereocenters. The fourth-order valence-electron chi connectivity index (χ4n) is 1.97. The van der Waals surface area contributed by atoms with E-state index < -0.39 is 0 Å². The Morgan fingerprint density at radius 2 is 1.85 bits per heavy atom. The maximum Gasteiger partial charge on any atom is 0.259 e. The van der Waals surface area contributed by atoms with Crippen molar-refractivity contribution in [2.45, 2.75) is 13.8 Å². The second-order valence-electron chi connectivity index (χ2n) is 4.51. The Bertz CT molecular complexity index is 625. The molecule has 0 heterocycles. The number of carbonyl (C=O) groups excluding carboxylic acids is 1. The molecular formula is C16H15ClINO. The van der Waals surface area contributed by atoms with Gasteiger partial charge in [0.25, 0.3) is 5.91 Å². The van der Waals surface area contributed by atoms with Gasteiger partial charge in [-0.15, -0.1) is 0 Å². The molecule has 0 N–H and O–H groups in total. The summed E-state index contributed by atoms with van der Waals surface area (Å²) in [5.74, 6) is -0.0248. The van der Waals surface area contributed by atoms with Gasteiger partial charge in [0.2, 0.25) is 0 Å². The zero-order valence-corrected chi connectivity index (χ0v) is 14.3. The van der Waals surface area contributed by atoms with Crippen molar-refractivity contribution in [3.05, 3.63) is 62.2 Å². The van der Waals surface area contributed by atoms with Gasteiger partial charge in [0.15, 0.2) is 0 Å². The number of rotatable bonds is 3. The summed E-state index contributed by atoms with van der Waals surface area (Å²) < 4.78 is 0.905. The first-order valence-electron chi connectivity index (χ1n) is 6.36. The van der Waals surface area contributed by atoms with E-state index in [4.69, 9.17) is 11.6 Å². The van der Waals surface area contributed by atoms with Crippen LogP contribution in [-0.4, -0.2) is 12.5 Å². The van der Waals surface area contributed by atoms with Gasteiger partial charge in [-0.1, -0.05) is 29.3 Å². The topological polar surface area (TPSA) is 20.3 Å². The number of aryl methyl sites for hydroxylation is 1. The number of benzene rings is 2. The fourth-order valence-corrected chi connectivity index (χ4v) is 2.71. The first-order valence-corrected chi connectivity index (χ1v) is 7.82. The number of anilines is 1. The molecule has 2 nitrogen and oxygen atoms in total. The number of hydrogen-bond donors (Lipinski definition) is 0. The minimum Gasteiger partial charge on any atom is -0.309 e. The zero-order chi connectivity index (χ0) is 14.7. The van der Waals surface area contributed by atoms with Gasteiger partial charge >= 0.3 is 0 Å². The monoisotopic (exact) mass is 399 g/mol. The van der Waals surface area contributed by atoms with Gasteiger partial charge in [-0.25, -0.2) is 0 Å². The van der Waals surface area contributed by atoms with Crippen molar-refractivity contribution in [2.75, 3.05) is 11.4 Å². The second kappa shape index (κ2) is 6.59. The number of nitrogens with zero attached hydrogens (tertiary/aromatic N) is 1. The van der Waals surface area contributed by atoms with E-state index in [1.165, 1.54) is 5.56 Å². The Morgan fingerprint density at radius 3 is 2.45 bits per heavy atom. The summed E-state index contributed by atoms with van der Waals surface area (Å²) in [6, 6.07) is 13.3. The van der Waals surface area contributed by atoms with Crippen LogP contribution in [0.4, 0.5) is 5.69 Å². The minimum atomic E-state index is -0.0248. The highest BCUT2D eigenvalue weighted by atomic mass is 127. The van der Waals surface area contributed by atoms with E-state index in [0.29, 0.717) is 17.1 Å². The quantitative estimate of drug-likeness (QED) is 0.671. The lowest BCUT2D eigenvalue weighted by atomic mass is 10.1. The molecule has 1 amide bonds. The van der Waals surface area contributed by atoms with Crippen LogP contribution in [0, 0.1) is 10.5 Å². The van der Waals surface area contributed by atoms with Gasteiger partial charge in [0.05, 0.1) is 5.56 Å². The Hall–Kier alpha value is -1.07. The Kier molecular flexibility index (Phi) is 5.05. The summed E-state index contributed by atoms with van der Waals surface area (Å²) in [7, 11) is 0. The van der Waals surface area contributed by atoms with E-state index in [1.807, 2.05) is 44.2 Å². The number of amides is 1. The van der Waals surface area contributed by atoms with E-state index >= 15 is 0 Å². The van der Waals surface area contributed by atoms with Crippen molar-refractivity contribution in [2.24, 2.45) is 0 Å². The Balaban J connectivity index is 2.38. The highest BCUT2D eigenvalue weighted by molar-refractivity contribution is 14.1. The molecule has 0 radical (unpaired) electrons. The molecule has 0 aliphatic rings. The molecular weight excluding hydrogens is 385 g/mol. The molecule has 0 spiro atoms. The average Bonchev–Trinajstić information content (AvgIpc) is 2.44. The molecule has 2 rings (SSSR count). The van der Waals surface area contributed by atoms with Gasteiger partial charge in [-0.3, -0.25) is 4.79 Å². The standard InChI is InChI=1S/C16H15ClINO/c1-3-19(13-7-4-11(2)5-8-13)16(20)14-10-12(17)6-9-15(14)18/h4-10H,3H2,1-2H3. The summed E-state index contributed by atoms with van der Waals surface area (Å²) in [6.45, 7) is 4.61. The van der Waals surface area contributed by atoms with Crippen LogP contribution in [0.1, 0.15) is 22.8 Å². The molecule has 0 aliphatic heterocycles. The molecule has 0 saturated heterocycles. The maximum absolute atomic E-state index is 12.7. The lowest BCUT2D eigenvalue weighted by Gasteiger charge is -2.22. The predicted octanol–water partition coefficient (Wildman–Crippen LogP) is 4.92. The molecule has 0 fully saturated rings. The van der Waals surface area contributed by atoms with Gasteiger partial charge in [-0.2, -0.15) is 0 Å². The SMILES string of the molecule is CCN(C(=O)c1cc(Cl)ccc1I)c1ccc(C)cc1. The van der Waals surface area contributed by atoms with E-state index in [0.717, 1.165) is 9.26 Å². The van der Waals surface area contributed by atoms with Crippen molar-refractivity contribution in [3.8, 4) is 0 Å². The highest BCUT2D eigenvalue weighted by Gasteiger charge is 2.18. The lowest BCUT2D eigenvalue weighted by molar-refractivity contribution is 0.0987. The summed E-state index contributed by atoms with van der Waals surface area (Å²) >= 11 is 8.16. The van der Waals surface area contributed by atoms with E-state index in [2.05, 4.69) is 22.6 Å². The molecule has 0 atom stereocenters. The molecule has 0 saturated carbocycles. The predicted molar refractivity (Wildman–Crippen MR) is 92.7 cm³/mol. The largest absolute Gasteiger partial charge is 0.309 e. The zero-order valence-electron chi connectivity index (χ0n) is 11.4. The average molecular weight is 400 g/mol. The van der Waals surface area contributed by atoms with Crippen LogP contribution in [0.15, 0.2) is 42.5 Å². The third-order valence-electron chi connectivity index (χ3n) is 3.07. The fraction of sp³-hybridized carbons (Fsp3) is 0.188. The molecule has 104 valence electrons. The van der Waals surface area contributed by atoms with Crippen LogP contribution >= 0.6 is 34.2 Å². The van der Waals surface area contributed by atoms with E-state index in [-0.39, 0.29) is 5.91 Å². The van der Waals surface area contributed by atoms with Crippen LogP contribution in [0.2, 0.25) is 5.02 Å². The molecule has 4 heteroatoms. The minimum absolute atomic E-state index is 0.0248. The van der Waals surface area contributed by atoms with Crippen molar-refractivity contribution in [1.29, 1.82) is 0 Å². The van der Waals surface area contributed by atoms with E-state index in [9.17, 15) is 4.79 Å². The van der Waals surface area contributed by atoms with Crippen molar-refractivity contribution in [1.82, 2.24) is 0 Å². The third-order valence-corrected chi connectivity index (χ3v) is 4.24. The summed E-state index contributed by atoms with van der Waals surface area (Å²) in [5, 5.41) is 0.578. The number of halogens is 2. The van der Waals surface area contributed by atoms with Crippen LogP contribution in [-0.2, 0) is 0 Å². The molecule has 0 aliphatic carbocycles.